The number of H-pyrrole nitrogens is 1. The van der Waals surface area contributed by atoms with Crippen molar-refractivity contribution in [2.75, 3.05) is 13.7 Å². The van der Waals surface area contributed by atoms with E-state index in [0.717, 1.165) is 41.1 Å². The highest BCUT2D eigenvalue weighted by molar-refractivity contribution is 5.75. The fourth-order valence-electron chi connectivity index (χ4n) is 3.61. The molecule has 8 nitrogen and oxygen atoms in total. The molecule has 2 aromatic carbocycles. The Morgan fingerprint density at radius 1 is 1.19 bits per heavy atom. The van der Waals surface area contributed by atoms with Crippen molar-refractivity contribution < 1.29 is 9.53 Å². The number of aromatic nitrogens is 4. The largest absolute Gasteiger partial charge is 0.496 e. The molecule has 31 heavy (non-hydrogen) atoms. The second-order valence-corrected chi connectivity index (χ2v) is 7.28. The Labute approximate surface area is 180 Å². The minimum absolute atomic E-state index is 0.261. The van der Waals surface area contributed by atoms with Crippen molar-refractivity contribution in [1.29, 1.82) is 0 Å². The molecule has 8 heteroatoms. The third-order valence-corrected chi connectivity index (χ3v) is 5.16. The fraction of sp³-hybridized carbons (Fsp3) is 0.261. The lowest BCUT2D eigenvalue weighted by Crippen LogP contribution is -2.39. The van der Waals surface area contributed by atoms with E-state index in [1.54, 1.807) is 13.3 Å². The molecule has 0 aliphatic carbocycles. The number of benzene rings is 2. The van der Waals surface area contributed by atoms with Crippen molar-refractivity contribution in [3.8, 4) is 5.75 Å². The molecular weight excluding hydrogens is 392 g/mol. The number of carbonyl (C=O) groups excluding carboxylic acids is 1. The van der Waals surface area contributed by atoms with E-state index in [9.17, 15) is 4.79 Å². The molecule has 2 heterocycles. The van der Waals surface area contributed by atoms with E-state index >= 15 is 0 Å². The number of imidazole rings is 2. The molecule has 0 bridgehead atoms. The van der Waals surface area contributed by atoms with Gasteiger partial charge in [0.05, 0.1) is 18.1 Å². The highest BCUT2D eigenvalue weighted by Gasteiger charge is 2.23. The predicted molar refractivity (Wildman–Crippen MR) is 119 cm³/mol. The van der Waals surface area contributed by atoms with Gasteiger partial charge in [0.25, 0.3) is 0 Å². The average Bonchev–Trinajstić information content (AvgIpc) is 3.40. The van der Waals surface area contributed by atoms with Crippen molar-refractivity contribution in [3.63, 3.8) is 0 Å². The van der Waals surface area contributed by atoms with Gasteiger partial charge in [-0.15, -0.1) is 0 Å². The van der Waals surface area contributed by atoms with Crippen molar-refractivity contribution in [3.05, 3.63) is 78.1 Å². The summed E-state index contributed by atoms with van der Waals surface area (Å²) in [5.74, 6) is 2.34. The van der Waals surface area contributed by atoms with Gasteiger partial charge < -0.3 is 24.9 Å². The van der Waals surface area contributed by atoms with E-state index in [1.807, 2.05) is 66.3 Å². The molecule has 0 fully saturated rings. The van der Waals surface area contributed by atoms with Gasteiger partial charge in [-0.1, -0.05) is 30.3 Å². The van der Waals surface area contributed by atoms with E-state index < -0.39 is 6.04 Å². The number of methoxy groups -OCH3 is 1. The van der Waals surface area contributed by atoms with E-state index in [-0.39, 0.29) is 6.03 Å². The van der Waals surface area contributed by atoms with Crippen LogP contribution in [0.25, 0.3) is 11.0 Å². The molecule has 4 aromatic rings. The maximum absolute atomic E-state index is 12.7. The molecule has 0 unspecified atom stereocenters. The standard InChI is InChI=1S/C23H26N6O2/c1-29-15-14-24-22(29)21(16-8-3-6-11-19(16)31-2)28-23(30)25-13-7-12-20-26-17-9-4-5-10-18(17)27-20/h3-6,8-11,14-15,21H,7,12-13H2,1-2H3,(H,26,27)(H2,25,28,30)/t21-/m0/s1. The van der Waals surface area contributed by atoms with Gasteiger partial charge in [0, 0.05) is 38.0 Å². The third-order valence-electron chi connectivity index (χ3n) is 5.16. The molecular formula is C23H26N6O2. The van der Waals surface area contributed by atoms with Crippen LogP contribution in [0, 0.1) is 0 Å². The summed E-state index contributed by atoms with van der Waals surface area (Å²) in [7, 11) is 3.52. The zero-order chi connectivity index (χ0) is 21.6. The number of amides is 2. The first-order valence-electron chi connectivity index (χ1n) is 10.2. The van der Waals surface area contributed by atoms with Crippen LogP contribution in [0.3, 0.4) is 0 Å². The molecule has 0 radical (unpaired) electrons. The van der Waals surface area contributed by atoms with E-state index in [2.05, 4.69) is 25.6 Å². The van der Waals surface area contributed by atoms with Gasteiger partial charge in [-0.3, -0.25) is 0 Å². The number of aryl methyl sites for hydroxylation is 2. The van der Waals surface area contributed by atoms with Crippen LogP contribution in [0.2, 0.25) is 0 Å². The number of urea groups is 1. The van der Waals surface area contributed by atoms with E-state index in [4.69, 9.17) is 4.74 Å². The van der Waals surface area contributed by atoms with Crippen LogP contribution in [0.4, 0.5) is 4.79 Å². The second-order valence-electron chi connectivity index (χ2n) is 7.28. The molecule has 0 saturated carbocycles. The highest BCUT2D eigenvalue weighted by atomic mass is 16.5. The van der Waals surface area contributed by atoms with Gasteiger partial charge in [-0.05, 0) is 24.6 Å². The van der Waals surface area contributed by atoms with Crippen LogP contribution in [0.15, 0.2) is 60.9 Å². The maximum atomic E-state index is 12.7. The Morgan fingerprint density at radius 3 is 2.77 bits per heavy atom. The van der Waals surface area contributed by atoms with Crippen LogP contribution in [-0.2, 0) is 13.5 Å². The molecule has 2 amide bonds. The predicted octanol–water partition coefficient (Wildman–Crippen LogP) is 3.33. The summed E-state index contributed by atoms with van der Waals surface area (Å²) in [6.07, 6.45) is 5.09. The summed E-state index contributed by atoms with van der Waals surface area (Å²) in [5, 5.41) is 5.97. The van der Waals surface area contributed by atoms with Gasteiger partial charge >= 0.3 is 6.03 Å². The number of hydrogen-bond acceptors (Lipinski definition) is 4. The lowest BCUT2D eigenvalue weighted by atomic mass is 10.0. The van der Waals surface area contributed by atoms with Gasteiger partial charge in [0.1, 0.15) is 23.4 Å². The minimum Gasteiger partial charge on any atom is -0.496 e. The average molecular weight is 419 g/mol. The second kappa shape index (κ2) is 9.34. The number of ether oxygens (including phenoxy) is 1. The van der Waals surface area contributed by atoms with E-state index in [1.165, 1.54) is 0 Å². The van der Waals surface area contributed by atoms with Crippen molar-refractivity contribution in [1.82, 2.24) is 30.2 Å². The van der Waals surface area contributed by atoms with Crippen LogP contribution in [-0.4, -0.2) is 39.2 Å². The highest BCUT2D eigenvalue weighted by Crippen LogP contribution is 2.28. The lowest BCUT2D eigenvalue weighted by Gasteiger charge is -2.21. The number of nitrogens with zero attached hydrogens (tertiary/aromatic N) is 3. The number of para-hydroxylation sites is 3. The molecule has 4 rings (SSSR count). The van der Waals surface area contributed by atoms with Gasteiger partial charge in [0.2, 0.25) is 0 Å². The number of aromatic amines is 1. The van der Waals surface area contributed by atoms with Crippen molar-refractivity contribution in [2.45, 2.75) is 18.9 Å². The summed E-state index contributed by atoms with van der Waals surface area (Å²) in [6.45, 7) is 0.530. The number of rotatable bonds is 8. The summed E-state index contributed by atoms with van der Waals surface area (Å²) >= 11 is 0. The Bertz CT molecular complexity index is 1130. The number of fused-ring (bicyclic) bond motifs is 1. The van der Waals surface area contributed by atoms with Crippen LogP contribution < -0.4 is 15.4 Å². The summed E-state index contributed by atoms with van der Waals surface area (Å²) in [4.78, 5) is 25.0. The third kappa shape index (κ3) is 4.69. The van der Waals surface area contributed by atoms with Crippen LogP contribution >= 0.6 is 0 Å². The molecule has 0 saturated heterocycles. The normalized spacial score (nSPS) is 11.9. The SMILES string of the molecule is COc1ccccc1[C@H](NC(=O)NCCCc1nc2ccccc2[nH]1)c1nccn1C. The first kappa shape index (κ1) is 20.5. The first-order chi connectivity index (χ1) is 15.2. The van der Waals surface area contributed by atoms with Gasteiger partial charge in [0.15, 0.2) is 0 Å². The smallest absolute Gasteiger partial charge is 0.315 e. The van der Waals surface area contributed by atoms with Gasteiger partial charge in [-0.2, -0.15) is 0 Å². The summed E-state index contributed by atoms with van der Waals surface area (Å²) < 4.78 is 7.39. The van der Waals surface area contributed by atoms with Crippen LogP contribution in [0.1, 0.15) is 29.7 Å². The lowest BCUT2D eigenvalue weighted by molar-refractivity contribution is 0.237. The van der Waals surface area contributed by atoms with Crippen molar-refractivity contribution >= 4 is 17.1 Å². The molecule has 1 atom stereocenters. The number of hydrogen-bond donors (Lipinski definition) is 3. The number of carbonyl (C=O) groups is 1. The molecule has 0 aliphatic heterocycles. The first-order valence-corrected chi connectivity index (χ1v) is 10.2. The Morgan fingerprint density at radius 2 is 2.00 bits per heavy atom. The van der Waals surface area contributed by atoms with E-state index in [0.29, 0.717) is 12.3 Å². The molecule has 0 aliphatic rings. The quantitative estimate of drug-likeness (QED) is 0.383. The maximum Gasteiger partial charge on any atom is 0.315 e. The molecule has 2 aromatic heterocycles. The number of nitrogens with one attached hydrogen (secondary N) is 3. The monoisotopic (exact) mass is 418 g/mol. The Balaban J connectivity index is 1.38. The zero-order valence-electron chi connectivity index (χ0n) is 17.6. The summed E-state index contributed by atoms with van der Waals surface area (Å²) in [6, 6.07) is 14.9. The molecule has 160 valence electrons. The van der Waals surface area contributed by atoms with Gasteiger partial charge in [-0.25, -0.2) is 14.8 Å². The minimum atomic E-state index is -0.438. The summed E-state index contributed by atoms with van der Waals surface area (Å²) in [5.41, 5.74) is 2.83. The Hall–Kier alpha value is -3.81. The topological polar surface area (TPSA) is 96.9 Å². The van der Waals surface area contributed by atoms with Crippen LogP contribution in [0.5, 0.6) is 5.75 Å². The molecule has 0 spiro atoms. The van der Waals surface area contributed by atoms with Crippen molar-refractivity contribution in [2.24, 2.45) is 7.05 Å². The molecule has 3 N–H and O–H groups in total. The Kier molecular flexibility index (Phi) is 6.16. The zero-order valence-corrected chi connectivity index (χ0v) is 17.6. The fourth-order valence-corrected chi connectivity index (χ4v) is 3.61.